The second-order valence-electron chi connectivity index (χ2n) is 4.44. The molecule has 1 amide bonds. The fourth-order valence-electron chi connectivity index (χ4n) is 1.64. The molecule has 0 atom stereocenters. The minimum Gasteiger partial charge on any atom is -0.347 e. The molecule has 1 heterocycles. The van der Waals surface area contributed by atoms with E-state index in [0.717, 1.165) is 14.9 Å². The van der Waals surface area contributed by atoms with Gasteiger partial charge < -0.3 is 5.32 Å². The standard InChI is InChI=1S/C13H13BrN2O3S2/c1-8-6-11(20-12(8)14)13(17)16-7-9-2-4-10(5-3-9)21(15,18)19/h2-6H,7H2,1H3,(H,16,17)(H2,15,18,19). The molecule has 0 saturated heterocycles. The number of sulfonamides is 1. The van der Waals surface area contributed by atoms with E-state index in [2.05, 4.69) is 21.2 Å². The van der Waals surface area contributed by atoms with Gasteiger partial charge in [0, 0.05) is 6.54 Å². The average Bonchev–Trinajstić information content (AvgIpc) is 2.75. The molecule has 3 N–H and O–H groups in total. The molecule has 0 aliphatic carbocycles. The van der Waals surface area contributed by atoms with Crippen LogP contribution in [0, 0.1) is 6.92 Å². The molecule has 112 valence electrons. The maximum Gasteiger partial charge on any atom is 0.261 e. The number of amides is 1. The van der Waals surface area contributed by atoms with Gasteiger partial charge in [-0.3, -0.25) is 4.79 Å². The lowest BCUT2D eigenvalue weighted by Crippen LogP contribution is -2.21. The van der Waals surface area contributed by atoms with Crippen molar-refractivity contribution in [3.05, 3.63) is 50.1 Å². The summed E-state index contributed by atoms with van der Waals surface area (Å²) in [6.45, 7) is 2.24. The Morgan fingerprint density at radius 1 is 1.33 bits per heavy atom. The van der Waals surface area contributed by atoms with Gasteiger partial charge in [-0.05, 0) is 52.2 Å². The normalized spacial score (nSPS) is 11.4. The Morgan fingerprint density at radius 3 is 2.43 bits per heavy atom. The second-order valence-corrected chi connectivity index (χ2v) is 8.37. The largest absolute Gasteiger partial charge is 0.347 e. The summed E-state index contributed by atoms with van der Waals surface area (Å²) >= 11 is 4.75. The highest BCUT2D eigenvalue weighted by Crippen LogP contribution is 2.27. The van der Waals surface area contributed by atoms with E-state index >= 15 is 0 Å². The first-order valence-corrected chi connectivity index (χ1v) is 9.09. The third-order valence-corrected chi connectivity index (χ3v) is 5.85. The van der Waals surface area contributed by atoms with Gasteiger partial charge in [0.2, 0.25) is 10.0 Å². The van der Waals surface area contributed by atoms with Crippen molar-refractivity contribution in [3.63, 3.8) is 0 Å². The van der Waals surface area contributed by atoms with Crippen molar-refractivity contribution in [2.45, 2.75) is 18.4 Å². The van der Waals surface area contributed by atoms with Gasteiger partial charge in [-0.15, -0.1) is 11.3 Å². The summed E-state index contributed by atoms with van der Waals surface area (Å²) in [7, 11) is -3.69. The highest BCUT2D eigenvalue weighted by Gasteiger charge is 2.11. The van der Waals surface area contributed by atoms with Gasteiger partial charge in [-0.2, -0.15) is 0 Å². The third-order valence-electron chi connectivity index (χ3n) is 2.79. The van der Waals surface area contributed by atoms with Crippen LogP contribution in [-0.4, -0.2) is 14.3 Å². The van der Waals surface area contributed by atoms with Gasteiger partial charge in [0.15, 0.2) is 0 Å². The Hall–Kier alpha value is -1.22. The molecule has 0 aliphatic heterocycles. The van der Waals surface area contributed by atoms with Crippen LogP contribution in [0.5, 0.6) is 0 Å². The topological polar surface area (TPSA) is 89.3 Å². The molecule has 2 rings (SSSR count). The lowest BCUT2D eigenvalue weighted by molar-refractivity contribution is 0.0955. The number of nitrogens with two attached hydrogens (primary N) is 1. The summed E-state index contributed by atoms with van der Waals surface area (Å²) in [4.78, 5) is 12.6. The number of halogens is 1. The van der Waals surface area contributed by atoms with Crippen LogP contribution in [0.15, 0.2) is 39.0 Å². The number of thiophene rings is 1. The van der Waals surface area contributed by atoms with Crippen molar-refractivity contribution >= 4 is 43.2 Å². The van der Waals surface area contributed by atoms with Crippen molar-refractivity contribution in [1.29, 1.82) is 0 Å². The van der Waals surface area contributed by atoms with Gasteiger partial charge in [-0.1, -0.05) is 12.1 Å². The van der Waals surface area contributed by atoms with Gasteiger partial charge in [0.25, 0.3) is 5.91 Å². The average molecular weight is 389 g/mol. The first-order chi connectivity index (χ1) is 9.77. The Balaban J connectivity index is 2.01. The van der Waals surface area contributed by atoms with Crippen molar-refractivity contribution in [2.75, 3.05) is 0 Å². The highest BCUT2D eigenvalue weighted by atomic mass is 79.9. The molecule has 2 aromatic rings. The molecular formula is C13H13BrN2O3S2. The zero-order chi connectivity index (χ0) is 15.6. The maximum absolute atomic E-state index is 12.0. The van der Waals surface area contributed by atoms with Gasteiger partial charge in [-0.25, -0.2) is 13.6 Å². The van der Waals surface area contributed by atoms with Crippen LogP contribution in [0.4, 0.5) is 0 Å². The Kier molecular flexibility index (Phi) is 4.82. The molecule has 0 bridgehead atoms. The summed E-state index contributed by atoms with van der Waals surface area (Å²) in [5.41, 5.74) is 1.81. The van der Waals surface area contributed by atoms with E-state index in [-0.39, 0.29) is 10.8 Å². The van der Waals surface area contributed by atoms with Crippen molar-refractivity contribution in [3.8, 4) is 0 Å². The summed E-state index contributed by atoms with van der Waals surface area (Å²) in [5, 5.41) is 7.80. The number of primary sulfonamides is 1. The number of hydrogen-bond acceptors (Lipinski definition) is 4. The molecule has 1 aromatic carbocycles. The molecule has 0 fully saturated rings. The third kappa shape index (κ3) is 4.13. The first-order valence-electron chi connectivity index (χ1n) is 5.93. The van der Waals surface area contributed by atoms with Crippen LogP contribution in [0.2, 0.25) is 0 Å². The lowest BCUT2D eigenvalue weighted by Gasteiger charge is -2.05. The van der Waals surface area contributed by atoms with E-state index in [1.54, 1.807) is 12.1 Å². The second kappa shape index (κ2) is 6.27. The fourth-order valence-corrected chi connectivity index (χ4v) is 3.60. The molecule has 8 heteroatoms. The number of hydrogen-bond donors (Lipinski definition) is 2. The molecule has 0 aliphatic rings. The fraction of sp³-hybridized carbons (Fsp3) is 0.154. The van der Waals surface area contributed by atoms with Crippen LogP contribution < -0.4 is 10.5 Å². The number of aryl methyl sites for hydroxylation is 1. The number of benzene rings is 1. The van der Waals surface area contributed by atoms with E-state index in [9.17, 15) is 13.2 Å². The van der Waals surface area contributed by atoms with Crippen LogP contribution in [0.1, 0.15) is 20.8 Å². The predicted octanol–water partition coefficient (Wildman–Crippen LogP) is 2.40. The van der Waals surface area contributed by atoms with E-state index in [4.69, 9.17) is 5.14 Å². The molecule has 0 unspecified atom stereocenters. The zero-order valence-corrected chi connectivity index (χ0v) is 14.3. The van der Waals surface area contributed by atoms with Crippen LogP contribution >= 0.6 is 27.3 Å². The van der Waals surface area contributed by atoms with Crippen molar-refractivity contribution in [1.82, 2.24) is 5.32 Å². The summed E-state index contributed by atoms with van der Waals surface area (Å²) in [6, 6.07) is 7.89. The first kappa shape index (κ1) is 16.2. The van der Waals surface area contributed by atoms with Crippen LogP contribution in [0.3, 0.4) is 0 Å². The number of nitrogens with one attached hydrogen (secondary N) is 1. The molecule has 0 radical (unpaired) electrons. The molecule has 0 spiro atoms. The highest BCUT2D eigenvalue weighted by molar-refractivity contribution is 9.11. The lowest BCUT2D eigenvalue weighted by atomic mass is 10.2. The molecule has 5 nitrogen and oxygen atoms in total. The number of carbonyl (C=O) groups is 1. The summed E-state index contributed by atoms with van der Waals surface area (Å²) in [5.74, 6) is -0.163. The maximum atomic E-state index is 12.0. The Morgan fingerprint density at radius 2 is 1.95 bits per heavy atom. The van der Waals surface area contributed by atoms with Gasteiger partial charge in [0.1, 0.15) is 0 Å². The van der Waals surface area contributed by atoms with E-state index in [1.807, 2.05) is 13.0 Å². The van der Waals surface area contributed by atoms with Crippen molar-refractivity contribution < 1.29 is 13.2 Å². The molecule has 0 saturated carbocycles. The quantitative estimate of drug-likeness (QED) is 0.842. The minimum absolute atomic E-state index is 0.0513. The van der Waals surface area contributed by atoms with Gasteiger partial charge in [0.05, 0.1) is 13.6 Å². The van der Waals surface area contributed by atoms with E-state index in [1.165, 1.54) is 23.5 Å². The summed E-state index contributed by atoms with van der Waals surface area (Å²) in [6.07, 6.45) is 0. The number of rotatable bonds is 4. The molecular weight excluding hydrogens is 376 g/mol. The molecule has 1 aromatic heterocycles. The SMILES string of the molecule is Cc1cc(C(=O)NCc2ccc(S(N)(=O)=O)cc2)sc1Br. The monoisotopic (exact) mass is 388 g/mol. The smallest absolute Gasteiger partial charge is 0.261 e. The van der Waals surface area contributed by atoms with Crippen LogP contribution in [-0.2, 0) is 16.6 Å². The van der Waals surface area contributed by atoms with E-state index < -0.39 is 10.0 Å². The van der Waals surface area contributed by atoms with Crippen molar-refractivity contribution in [2.24, 2.45) is 5.14 Å². The predicted molar refractivity (Wildman–Crippen MR) is 85.7 cm³/mol. The Bertz CT molecular complexity index is 748. The minimum atomic E-state index is -3.69. The zero-order valence-electron chi connectivity index (χ0n) is 11.1. The Labute approximate surface area is 135 Å². The molecule has 21 heavy (non-hydrogen) atoms. The summed E-state index contributed by atoms with van der Waals surface area (Å²) < 4.78 is 23.2. The van der Waals surface area contributed by atoms with Gasteiger partial charge >= 0.3 is 0 Å². The number of carbonyl (C=O) groups excluding carboxylic acids is 1. The van der Waals surface area contributed by atoms with E-state index in [0.29, 0.717) is 11.4 Å². The van der Waals surface area contributed by atoms with Crippen LogP contribution in [0.25, 0.3) is 0 Å².